The maximum Gasteiger partial charge on any atom is 0.273 e. The van der Waals surface area contributed by atoms with Crippen LogP contribution in [0.4, 0.5) is 10.1 Å². The molecule has 1 saturated carbocycles. The van der Waals surface area contributed by atoms with Gasteiger partial charge in [-0.3, -0.25) is 14.3 Å². The highest BCUT2D eigenvalue weighted by molar-refractivity contribution is 7.90. The summed E-state index contributed by atoms with van der Waals surface area (Å²) in [6.45, 7) is 4.39. The molecule has 1 saturated heterocycles. The molecule has 1 aliphatic carbocycles. The first-order valence-electron chi connectivity index (χ1n) is 15.0. The minimum absolute atomic E-state index is 0.0701. The lowest BCUT2D eigenvalue weighted by Gasteiger charge is -2.35. The summed E-state index contributed by atoms with van der Waals surface area (Å²) in [4.78, 5) is 33.5. The van der Waals surface area contributed by atoms with Crippen molar-refractivity contribution in [1.29, 1.82) is 0 Å². The van der Waals surface area contributed by atoms with Crippen molar-refractivity contribution in [3.8, 4) is 11.3 Å². The fourth-order valence-electron chi connectivity index (χ4n) is 6.51. The number of sulfonamides is 1. The van der Waals surface area contributed by atoms with Gasteiger partial charge in [0.1, 0.15) is 11.5 Å². The second-order valence-corrected chi connectivity index (χ2v) is 13.9. The number of carbonyl (C=O) groups excluding carboxylic acids is 2. The Hall–Kier alpha value is -4.32. The Morgan fingerprint density at radius 2 is 1.82 bits per heavy atom. The van der Waals surface area contributed by atoms with Gasteiger partial charge in [0, 0.05) is 55.5 Å². The summed E-state index contributed by atoms with van der Waals surface area (Å²) in [5.74, 6) is -0.986. The molecule has 2 aliphatic heterocycles. The lowest BCUT2D eigenvalue weighted by molar-refractivity contribution is -0.117. The fourth-order valence-corrected chi connectivity index (χ4v) is 7.87. The average molecular weight is 617 g/mol. The molecule has 1 N–H and O–H groups in total. The molecule has 0 radical (unpaired) electrons. The number of hydrogen-bond donors (Lipinski definition) is 1. The number of amides is 2. The van der Waals surface area contributed by atoms with Crippen molar-refractivity contribution in [3.63, 3.8) is 0 Å². The predicted octanol–water partition coefficient (Wildman–Crippen LogP) is 4.22. The van der Waals surface area contributed by atoms with Crippen LogP contribution in [0.15, 0.2) is 54.6 Å². The van der Waals surface area contributed by atoms with Gasteiger partial charge in [0.25, 0.3) is 5.91 Å². The zero-order valence-corrected chi connectivity index (χ0v) is 25.3. The van der Waals surface area contributed by atoms with Crippen LogP contribution in [0.1, 0.15) is 72.4 Å². The lowest BCUT2D eigenvalue weighted by Crippen LogP contribution is -2.39. The van der Waals surface area contributed by atoms with Gasteiger partial charge in [0.2, 0.25) is 15.9 Å². The number of nitrogens with zero attached hydrogens (tertiary/aromatic N) is 5. The number of anilines is 1. The van der Waals surface area contributed by atoms with Crippen LogP contribution in [-0.4, -0.2) is 64.6 Å². The van der Waals surface area contributed by atoms with E-state index in [0.717, 1.165) is 37.4 Å². The van der Waals surface area contributed by atoms with Crippen LogP contribution < -0.4 is 9.62 Å². The Kier molecular flexibility index (Phi) is 6.91. The van der Waals surface area contributed by atoms with Crippen LogP contribution in [-0.2, 0) is 21.2 Å². The average Bonchev–Trinajstić information content (AvgIpc) is 3.53. The van der Waals surface area contributed by atoms with Gasteiger partial charge < -0.3 is 9.80 Å². The monoisotopic (exact) mass is 616 g/mol. The molecular weight excluding hydrogens is 583 g/mol. The number of hydrogen-bond acceptors (Lipinski definition) is 7. The van der Waals surface area contributed by atoms with Gasteiger partial charge in [-0.2, -0.15) is 5.10 Å². The molecule has 2 atom stereocenters. The SMILES string of the molecule is CC(=O)NS(=O)(=O)C1CCN(c2ccc(-c3cc4nc(C(=O)N5CCc6ccccc6[C@H]5C)cc(C5CC5)n4n3)c(F)c2)C1. The largest absolute Gasteiger partial charge is 0.370 e. The highest BCUT2D eigenvalue weighted by atomic mass is 32.2. The molecule has 0 bridgehead atoms. The van der Waals surface area contributed by atoms with Crippen LogP contribution in [0, 0.1) is 5.82 Å². The molecule has 2 amide bonds. The highest BCUT2D eigenvalue weighted by Gasteiger charge is 2.35. The van der Waals surface area contributed by atoms with Crippen molar-refractivity contribution in [2.45, 2.75) is 56.7 Å². The quantitative estimate of drug-likeness (QED) is 0.345. The van der Waals surface area contributed by atoms with Crippen LogP contribution in [0.5, 0.6) is 0 Å². The molecule has 228 valence electrons. The van der Waals surface area contributed by atoms with Gasteiger partial charge in [-0.1, -0.05) is 24.3 Å². The molecule has 2 aromatic heterocycles. The predicted molar refractivity (Wildman–Crippen MR) is 163 cm³/mol. The Morgan fingerprint density at radius 1 is 1.02 bits per heavy atom. The Balaban J connectivity index is 1.16. The molecule has 0 spiro atoms. The molecule has 2 fully saturated rings. The number of halogens is 1. The number of aromatic nitrogens is 3. The first kappa shape index (κ1) is 28.5. The van der Waals surface area contributed by atoms with E-state index in [4.69, 9.17) is 10.1 Å². The molecule has 3 aliphatic rings. The molecule has 10 nitrogen and oxygen atoms in total. The molecule has 44 heavy (non-hydrogen) atoms. The first-order chi connectivity index (χ1) is 21.1. The lowest BCUT2D eigenvalue weighted by atomic mass is 9.93. The van der Waals surface area contributed by atoms with Crippen molar-refractivity contribution in [2.24, 2.45) is 0 Å². The third-order valence-corrected chi connectivity index (χ3v) is 10.8. The van der Waals surface area contributed by atoms with Gasteiger partial charge in [0.05, 0.1) is 17.0 Å². The van der Waals surface area contributed by atoms with Gasteiger partial charge in [-0.25, -0.2) is 22.3 Å². The van der Waals surface area contributed by atoms with Crippen molar-refractivity contribution in [2.75, 3.05) is 24.5 Å². The summed E-state index contributed by atoms with van der Waals surface area (Å²) in [7, 11) is -3.80. The van der Waals surface area contributed by atoms with Gasteiger partial charge >= 0.3 is 0 Å². The summed E-state index contributed by atoms with van der Waals surface area (Å²) < 4.78 is 44.2. The summed E-state index contributed by atoms with van der Waals surface area (Å²) in [5.41, 5.74) is 5.42. The van der Waals surface area contributed by atoms with E-state index in [1.165, 1.54) is 11.6 Å². The Bertz CT molecular complexity index is 1920. The second kappa shape index (κ2) is 10.7. The van der Waals surface area contributed by atoms with E-state index in [0.29, 0.717) is 42.2 Å². The molecule has 2 aromatic carbocycles. The number of fused-ring (bicyclic) bond motifs is 2. The maximum absolute atomic E-state index is 15.6. The normalized spacial score (nSPS) is 20.2. The first-order valence-corrected chi connectivity index (χ1v) is 16.5. The number of benzene rings is 2. The number of nitrogens with one attached hydrogen (secondary N) is 1. The summed E-state index contributed by atoms with van der Waals surface area (Å²) in [6, 6.07) is 16.5. The van der Waals surface area contributed by atoms with E-state index in [2.05, 4.69) is 12.1 Å². The van der Waals surface area contributed by atoms with E-state index < -0.39 is 27.0 Å². The van der Waals surface area contributed by atoms with E-state index in [-0.39, 0.29) is 30.0 Å². The smallest absolute Gasteiger partial charge is 0.273 e. The minimum Gasteiger partial charge on any atom is -0.370 e. The molecule has 4 heterocycles. The van der Waals surface area contributed by atoms with Crippen LogP contribution >= 0.6 is 0 Å². The summed E-state index contributed by atoms with van der Waals surface area (Å²) >= 11 is 0. The van der Waals surface area contributed by atoms with Crippen LogP contribution in [0.3, 0.4) is 0 Å². The highest BCUT2D eigenvalue weighted by Crippen LogP contribution is 2.41. The number of carbonyl (C=O) groups is 2. The van der Waals surface area contributed by atoms with E-state index >= 15 is 4.39 Å². The van der Waals surface area contributed by atoms with Crippen molar-refractivity contribution in [1.82, 2.24) is 24.2 Å². The molecule has 1 unspecified atom stereocenters. The Labute approximate surface area is 254 Å². The Morgan fingerprint density at radius 3 is 2.57 bits per heavy atom. The van der Waals surface area contributed by atoms with E-state index in [9.17, 15) is 18.0 Å². The fraction of sp³-hybridized carbons (Fsp3) is 0.375. The number of rotatable bonds is 6. The standard InChI is InChI=1S/C32H33FN6O4S/c1-19-25-6-4-3-5-21(25)11-14-38(19)32(41)29-16-30(22-7-8-22)39-31(34-29)17-28(35-39)26-10-9-23(15-27(26)33)37-13-12-24(18-37)44(42,43)36-20(2)40/h3-6,9-10,15-17,19,22,24H,7-8,11-14,18H2,1-2H3,(H,36,40)/t19-,24?/m1/s1. The third-order valence-electron chi connectivity index (χ3n) is 8.99. The van der Waals surface area contributed by atoms with Crippen molar-refractivity contribution < 1.29 is 22.4 Å². The maximum atomic E-state index is 15.6. The molecule has 4 aromatic rings. The van der Waals surface area contributed by atoms with E-state index in [1.54, 1.807) is 27.6 Å². The summed E-state index contributed by atoms with van der Waals surface area (Å²) in [5, 5.41) is 3.95. The zero-order valence-electron chi connectivity index (χ0n) is 24.5. The van der Waals surface area contributed by atoms with Gasteiger partial charge in [0.15, 0.2) is 5.65 Å². The molecule has 12 heteroatoms. The summed E-state index contributed by atoms with van der Waals surface area (Å²) in [6.07, 6.45) is 3.11. The second-order valence-electron chi connectivity index (χ2n) is 12.0. The molecular formula is C32H33FN6O4S. The minimum atomic E-state index is -3.80. The van der Waals surface area contributed by atoms with Crippen LogP contribution in [0.25, 0.3) is 16.9 Å². The van der Waals surface area contributed by atoms with Gasteiger partial charge in [-0.15, -0.1) is 0 Å². The van der Waals surface area contributed by atoms with Crippen molar-refractivity contribution in [3.05, 3.63) is 82.9 Å². The van der Waals surface area contributed by atoms with Crippen LogP contribution in [0.2, 0.25) is 0 Å². The van der Waals surface area contributed by atoms with Crippen molar-refractivity contribution >= 4 is 33.2 Å². The molecule has 7 rings (SSSR count). The van der Waals surface area contributed by atoms with Gasteiger partial charge in [-0.05, 0) is 68.0 Å². The topological polar surface area (TPSA) is 117 Å². The zero-order chi connectivity index (χ0) is 30.7. The third kappa shape index (κ3) is 5.10. The van der Waals surface area contributed by atoms with E-state index in [1.807, 2.05) is 34.7 Å².